The molecule has 2 unspecified atom stereocenters. The van der Waals surface area contributed by atoms with E-state index in [0.29, 0.717) is 0 Å². The lowest BCUT2D eigenvalue weighted by Gasteiger charge is -2.30. The Kier molecular flexibility index (Phi) is 1.86. The molecule has 3 aliphatic carbocycles. The number of fused-ring (bicyclic) bond motifs is 5. The second-order valence-corrected chi connectivity index (χ2v) is 5.30. The zero-order valence-electron chi connectivity index (χ0n) is 8.74. The number of esters is 1. The average molecular weight is 194 g/mol. The number of hydrogen-bond acceptors (Lipinski definition) is 2. The third kappa shape index (κ3) is 1.12. The van der Waals surface area contributed by atoms with Crippen LogP contribution in [0.2, 0.25) is 0 Å². The Labute approximate surface area is 85.0 Å². The number of ether oxygens (including phenoxy) is 1. The van der Waals surface area contributed by atoms with Crippen LogP contribution in [0.1, 0.15) is 39.0 Å². The molecule has 0 heterocycles. The average Bonchev–Trinajstić information content (AvgIpc) is 2.68. The third-order valence-corrected chi connectivity index (χ3v) is 4.69. The summed E-state index contributed by atoms with van der Waals surface area (Å²) in [7, 11) is 0. The highest BCUT2D eigenvalue weighted by Crippen LogP contribution is 2.59. The van der Waals surface area contributed by atoms with Gasteiger partial charge in [-0.25, -0.2) is 0 Å². The summed E-state index contributed by atoms with van der Waals surface area (Å²) in [5.41, 5.74) is 0. The van der Waals surface area contributed by atoms with E-state index < -0.39 is 0 Å². The van der Waals surface area contributed by atoms with Gasteiger partial charge < -0.3 is 4.74 Å². The van der Waals surface area contributed by atoms with Crippen molar-refractivity contribution in [2.75, 3.05) is 0 Å². The van der Waals surface area contributed by atoms with Gasteiger partial charge in [-0.3, -0.25) is 4.79 Å². The number of rotatable bonds is 1. The van der Waals surface area contributed by atoms with E-state index in [1.807, 2.05) is 0 Å². The molecule has 2 bridgehead atoms. The molecule has 3 rings (SSSR count). The number of carbonyl (C=O) groups excluding carboxylic acids is 1. The van der Waals surface area contributed by atoms with Gasteiger partial charge >= 0.3 is 5.97 Å². The Bertz CT molecular complexity index is 261. The maximum absolute atomic E-state index is 10.9. The van der Waals surface area contributed by atoms with Crippen LogP contribution in [0.3, 0.4) is 0 Å². The molecular weight excluding hydrogens is 176 g/mol. The van der Waals surface area contributed by atoms with E-state index in [0.717, 1.165) is 30.1 Å². The van der Waals surface area contributed by atoms with Crippen molar-refractivity contribution >= 4 is 5.97 Å². The Hall–Kier alpha value is -0.530. The zero-order valence-corrected chi connectivity index (χ0v) is 8.74. The molecule has 78 valence electrons. The molecule has 3 fully saturated rings. The summed E-state index contributed by atoms with van der Waals surface area (Å²) in [5.74, 6) is 3.41. The van der Waals surface area contributed by atoms with Crippen molar-refractivity contribution in [1.82, 2.24) is 0 Å². The van der Waals surface area contributed by atoms with Crippen molar-refractivity contribution in [3.63, 3.8) is 0 Å². The van der Waals surface area contributed by atoms with Crippen LogP contribution in [-0.2, 0) is 9.53 Å². The molecule has 0 aromatic heterocycles. The highest BCUT2D eigenvalue weighted by Gasteiger charge is 2.54. The molecule has 0 spiro atoms. The topological polar surface area (TPSA) is 26.3 Å². The van der Waals surface area contributed by atoms with Crippen LogP contribution in [0.4, 0.5) is 0 Å². The van der Waals surface area contributed by atoms with Gasteiger partial charge in [-0.1, -0.05) is 6.42 Å². The SMILES string of the molecule is CC(=O)O[C@@H]1CC2CC1[C@H]1CCC[C@@H]21. The molecule has 0 aliphatic heterocycles. The van der Waals surface area contributed by atoms with Crippen LogP contribution in [-0.4, -0.2) is 12.1 Å². The molecule has 14 heavy (non-hydrogen) atoms. The largest absolute Gasteiger partial charge is 0.462 e. The zero-order chi connectivity index (χ0) is 9.71. The maximum atomic E-state index is 10.9. The Balaban J connectivity index is 1.73. The fourth-order valence-corrected chi connectivity index (χ4v) is 4.35. The number of hydrogen-bond donors (Lipinski definition) is 0. The first-order valence-electron chi connectivity index (χ1n) is 5.93. The second-order valence-electron chi connectivity index (χ2n) is 5.30. The normalized spacial score (nSPS) is 49.4. The lowest BCUT2D eigenvalue weighted by Crippen LogP contribution is -2.31. The smallest absolute Gasteiger partial charge is 0.302 e. The minimum atomic E-state index is -0.0860. The summed E-state index contributed by atoms with van der Waals surface area (Å²) >= 11 is 0. The molecule has 2 heteroatoms. The Morgan fingerprint density at radius 1 is 1.14 bits per heavy atom. The van der Waals surface area contributed by atoms with E-state index in [2.05, 4.69) is 0 Å². The molecular formula is C12H18O2. The van der Waals surface area contributed by atoms with Gasteiger partial charge in [-0.15, -0.1) is 0 Å². The quantitative estimate of drug-likeness (QED) is 0.599. The van der Waals surface area contributed by atoms with Gasteiger partial charge in [-0.05, 0) is 49.4 Å². The van der Waals surface area contributed by atoms with E-state index in [1.165, 1.54) is 32.6 Å². The standard InChI is InChI=1S/C12H18O2/c1-7(13)14-12-6-8-5-11(12)10-4-2-3-9(8)10/h8-12H,2-6H2,1H3/t8?,9-,10-,11?,12+/m0/s1. The fourth-order valence-electron chi connectivity index (χ4n) is 4.35. The fraction of sp³-hybridized carbons (Fsp3) is 0.917. The predicted molar refractivity (Wildman–Crippen MR) is 52.6 cm³/mol. The minimum Gasteiger partial charge on any atom is -0.462 e. The van der Waals surface area contributed by atoms with E-state index in [9.17, 15) is 4.79 Å². The van der Waals surface area contributed by atoms with Gasteiger partial charge in [0.2, 0.25) is 0 Å². The van der Waals surface area contributed by atoms with E-state index in [4.69, 9.17) is 4.74 Å². The highest BCUT2D eigenvalue weighted by atomic mass is 16.5. The summed E-state index contributed by atoms with van der Waals surface area (Å²) in [4.78, 5) is 10.9. The van der Waals surface area contributed by atoms with Gasteiger partial charge in [-0.2, -0.15) is 0 Å². The van der Waals surface area contributed by atoms with Crippen LogP contribution in [0, 0.1) is 23.7 Å². The monoisotopic (exact) mass is 194 g/mol. The van der Waals surface area contributed by atoms with Crippen LogP contribution < -0.4 is 0 Å². The van der Waals surface area contributed by atoms with Gasteiger partial charge in [0.15, 0.2) is 0 Å². The maximum Gasteiger partial charge on any atom is 0.302 e. The summed E-state index contributed by atoms with van der Waals surface area (Å²) in [6.45, 7) is 1.54. The lowest BCUT2D eigenvalue weighted by molar-refractivity contribution is -0.150. The Morgan fingerprint density at radius 2 is 1.93 bits per heavy atom. The predicted octanol–water partition coefficient (Wildman–Crippen LogP) is 2.37. The van der Waals surface area contributed by atoms with Crippen molar-refractivity contribution in [2.24, 2.45) is 23.7 Å². The van der Waals surface area contributed by atoms with E-state index in [1.54, 1.807) is 0 Å². The van der Waals surface area contributed by atoms with Crippen molar-refractivity contribution in [3.05, 3.63) is 0 Å². The molecule has 0 saturated heterocycles. The molecule has 2 nitrogen and oxygen atoms in total. The first-order chi connectivity index (χ1) is 6.75. The van der Waals surface area contributed by atoms with Crippen LogP contribution in [0.15, 0.2) is 0 Å². The van der Waals surface area contributed by atoms with E-state index in [-0.39, 0.29) is 12.1 Å². The van der Waals surface area contributed by atoms with Gasteiger partial charge in [0.1, 0.15) is 6.10 Å². The van der Waals surface area contributed by atoms with Crippen molar-refractivity contribution in [1.29, 1.82) is 0 Å². The first-order valence-corrected chi connectivity index (χ1v) is 5.93. The van der Waals surface area contributed by atoms with Crippen molar-refractivity contribution in [3.8, 4) is 0 Å². The van der Waals surface area contributed by atoms with Crippen LogP contribution >= 0.6 is 0 Å². The van der Waals surface area contributed by atoms with Crippen molar-refractivity contribution in [2.45, 2.75) is 45.1 Å². The first kappa shape index (κ1) is 8.75. The van der Waals surface area contributed by atoms with E-state index >= 15 is 0 Å². The summed E-state index contributed by atoms with van der Waals surface area (Å²) < 4.78 is 5.41. The number of carbonyl (C=O) groups is 1. The highest BCUT2D eigenvalue weighted by molar-refractivity contribution is 5.66. The van der Waals surface area contributed by atoms with Gasteiger partial charge in [0, 0.05) is 6.92 Å². The van der Waals surface area contributed by atoms with Crippen LogP contribution in [0.25, 0.3) is 0 Å². The summed E-state index contributed by atoms with van der Waals surface area (Å²) in [6, 6.07) is 0. The molecule has 5 atom stereocenters. The van der Waals surface area contributed by atoms with Crippen molar-refractivity contribution < 1.29 is 9.53 Å². The Morgan fingerprint density at radius 3 is 2.71 bits per heavy atom. The molecule has 0 amide bonds. The minimum absolute atomic E-state index is 0.0860. The molecule has 0 aromatic rings. The molecule has 3 saturated carbocycles. The van der Waals surface area contributed by atoms with Gasteiger partial charge in [0.25, 0.3) is 0 Å². The summed E-state index contributed by atoms with van der Waals surface area (Å²) in [6.07, 6.45) is 7.02. The molecule has 3 aliphatic rings. The third-order valence-electron chi connectivity index (χ3n) is 4.69. The van der Waals surface area contributed by atoms with Gasteiger partial charge in [0.05, 0.1) is 0 Å². The van der Waals surface area contributed by atoms with Crippen LogP contribution in [0.5, 0.6) is 0 Å². The lowest BCUT2D eigenvalue weighted by atomic mass is 9.80. The molecule has 0 radical (unpaired) electrons. The second kappa shape index (κ2) is 2.98. The molecule has 0 N–H and O–H groups in total. The summed E-state index contributed by atoms with van der Waals surface area (Å²) in [5, 5.41) is 0. The molecule has 0 aromatic carbocycles.